The summed E-state index contributed by atoms with van der Waals surface area (Å²) in [5.74, 6) is 1.25. The molecule has 3 heterocycles. The van der Waals surface area contributed by atoms with Crippen molar-refractivity contribution in [2.45, 2.75) is 64.7 Å². The third-order valence-electron chi connectivity index (χ3n) is 7.72. The maximum atomic E-state index is 9.98. The van der Waals surface area contributed by atoms with E-state index in [1.165, 1.54) is 0 Å². The molecule has 0 aliphatic carbocycles. The Labute approximate surface area is 226 Å². The second-order valence-electron chi connectivity index (χ2n) is 11.8. The minimum Gasteiger partial charge on any atom is -0.416 e. The fourth-order valence-corrected chi connectivity index (χ4v) is 5.41. The van der Waals surface area contributed by atoms with E-state index >= 15 is 0 Å². The molecule has 4 rings (SSSR count). The van der Waals surface area contributed by atoms with E-state index in [1.54, 1.807) is 13.3 Å². The maximum absolute atomic E-state index is 9.98. The summed E-state index contributed by atoms with van der Waals surface area (Å²) in [6.45, 7) is 17.9. The molecule has 1 aromatic carbocycles. The van der Waals surface area contributed by atoms with Gasteiger partial charge in [-0.1, -0.05) is 27.7 Å². The second-order valence-corrected chi connectivity index (χ2v) is 16.6. The summed E-state index contributed by atoms with van der Waals surface area (Å²) in [7, 11) is -0.264. The molecule has 2 aromatic heterocycles. The molecule has 202 valence electrons. The Morgan fingerprint density at radius 1 is 1.26 bits per heavy atom. The Hall–Kier alpha value is -3.26. The summed E-state index contributed by atoms with van der Waals surface area (Å²) in [6.07, 6.45) is 1.73. The number of aromatic nitrogens is 4. The van der Waals surface area contributed by atoms with Crippen LogP contribution in [0.25, 0.3) is 11.3 Å². The Balaban J connectivity index is 1.65. The molecule has 9 nitrogen and oxygen atoms in total. The summed E-state index contributed by atoms with van der Waals surface area (Å²) in [5, 5.41) is 21.4. The van der Waals surface area contributed by atoms with Crippen molar-refractivity contribution in [1.29, 1.82) is 5.26 Å². The van der Waals surface area contributed by atoms with Gasteiger partial charge in [-0.2, -0.15) is 10.4 Å². The van der Waals surface area contributed by atoms with E-state index in [4.69, 9.17) is 14.1 Å². The van der Waals surface area contributed by atoms with Gasteiger partial charge in [0.1, 0.15) is 11.9 Å². The topological polar surface area (TPSA) is 110 Å². The van der Waals surface area contributed by atoms with Crippen LogP contribution in [0, 0.1) is 18.3 Å². The Morgan fingerprint density at radius 2 is 2.03 bits per heavy atom. The molecule has 2 N–H and O–H groups in total. The predicted molar refractivity (Wildman–Crippen MR) is 153 cm³/mol. The molecule has 0 spiro atoms. The van der Waals surface area contributed by atoms with Crippen LogP contribution in [0.5, 0.6) is 0 Å². The lowest BCUT2D eigenvalue weighted by Gasteiger charge is -2.39. The summed E-state index contributed by atoms with van der Waals surface area (Å²) in [4.78, 5) is 9.21. The smallest absolute Gasteiger partial charge is 0.228 e. The number of nitrogens with zero attached hydrogens (tertiary/aromatic N) is 5. The highest BCUT2D eigenvalue weighted by molar-refractivity contribution is 6.74. The third-order valence-corrected chi connectivity index (χ3v) is 12.2. The number of hydrogen-bond acceptors (Lipinski definition) is 8. The van der Waals surface area contributed by atoms with E-state index in [0.29, 0.717) is 31.3 Å². The average molecular weight is 534 g/mol. The lowest BCUT2D eigenvalue weighted by molar-refractivity contribution is 0.184. The van der Waals surface area contributed by atoms with E-state index < -0.39 is 8.32 Å². The number of fused-ring (bicyclic) bond motifs is 1. The van der Waals surface area contributed by atoms with Gasteiger partial charge in [-0.25, -0.2) is 14.6 Å². The summed E-state index contributed by atoms with van der Waals surface area (Å²) >= 11 is 0. The van der Waals surface area contributed by atoms with E-state index in [9.17, 15) is 5.26 Å². The van der Waals surface area contributed by atoms with Gasteiger partial charge in [0.25, 0.3) is 0 Å². The van der Waals surface area contributed by atoms with Crippen molar-refractivity contribution >= 4 is 25.8 Å². The maximum Gasteiger partial charge on any atom is 0.228 e. The minimum absolute atomic E-state index is 0.125. The predicted octanol–water partition coefficient (Wildman–Crippen LogP) is 5.62. The molecule has 38 heavy (non-hydrogen) atoms. The SMILES string of the molecule is COCCn1nc(C)cc1Nc1nccc(-c2cc(C#N)c3c(c2)[C@](C)(CO[Si](C)(C)C(C)(C)C)CN3)n1. The largest absolute Gasteiger partial charge is 0.416 e. The number of ether oxygens (including phenoxy) is 1. The van der Waals surface area contributed by atoms with Gasteiger partial charge in [-0.15, -0.1) is 0 Å². The van der Waals surface area contributed by atoms with E-state index in [0.717, 1.165) is 40.6 Å². The first-order valence-corrected chi connectivity index (χ1v) is 15.9. The molecule has 0 unspecified atom stereocenters. The van der Waals surface area contributed by atoms with Gasteiger partial charge in [-0.3, -0.25) is 0 Å². The van der Waals surface area contributed by atoms with Gasteiger partial charge in [0.05, 0.1) is 35.8 Å². The number of nitriles is 1. The third kappa shape index (κ3) is 5.60. The van der Waals surface area contributed by atoms with Crippen LogP contribution in [0.4, 0.5) is 17.5 Å². The first-order valence-electron chi connectivity index (χ1n) is 13.0. The Kier molecular flexibility index (Phi) is 7.66. The highest BCUT2D eigenvalue weighted by Gasteiger charge is 2.42. The minimum atomic E-state index is -1.93. The quantitative estimate of drug-likeness (QED) is 0.341. The fourth-order valence-electron chi connectivity index (χ4n) is 4.30. The van der Waals surface area contributed by atoms with Crippen molar-refractivity contribution in [2.75, 3.05) is 37.5 Å². The molecule has 1 aliphatic heterocycles. The molecule has 0 saturated heterocycles. The fraction of sp³-hybridized carbons (Fsp3) is 0.500. The van der Waals surface area contributed by atoms with Crippen LogP contribution >= 0.6 is 0 Å². The van der Waals surface area contributed by atoms with E-state index in [1.807, 2.05) is 29.8 Å². The van der Waals surface area contributed by atoms with E-state index in [2.05, 4.69) is 73.6 Å². The van der Waals surface area contributed by atoms with Crippen molar-refractivity contribution in [3.63, 3.8) is 0 Å². The van der Waals surface area contributed by atoms with Gasteiger partial charge in [0.15, 0.2) is 8.32 Å². The summed E-state index contributed by atoms with van der Waals surface area (Å²) in [5.41, 5.74) is 4.83. The van der Waals surface area contributed by atoms with Crippen LogP contribution in [-0.4, -0.2) is 54.9 Å². The first kappa shape index (κ1) is 27.8. The van der Waals surface area contributed by atoms with Gasteiger partial charge in [0.2, 0.25) is 5.95 Å². The van der Waals surface area contributed by atoms with Crippen molar-refractivity contribution in [3.8, 4) is 17.3 Å². The van der Waals surface area contributed by atoms with Gasteiger partial charge in [0, 0.05) is 43.5 Å². The molecule has 1 aliphatic rings. The molecule has 1 atom stereocenters. The van der Waals surface area contributed by atoms with Crippen LogP contribution in [0.1, 0.15) is 44.5 Å². The van der Waals surface area contributed by atoms with Gasteiger partial charge >= 0.3 is 0 Å². The first-order chi connectivity index (χ1) is 17.9. The van der Waals surface area contributed by atoms with Gasteiger partial charge in [-0.05, 0) is 48.8 Å². The zero-order valence-electron chi connectivity index (χ0n) is 23.8. The number of nitrogens with one attached hydrogen (secondary N) is 2. The molecule has 0 saturated carbocycles. The molecule has 10 heteroatoms. The van der Waals surface area contributed by atoms with Crippen molar-refractivity contribution in [3.05, 3.63) is 47.3 Å². The Bertz CT molecular complexity index is 1360. The molecule has 0 amide bonds. The summed E-state index contributed by atoms with van der Waals surface area (Å²) < 4.78 is 13.7. The standard InChI is InChI=1S/C28H39N7O2Si/c1-19-13-24(35(34-19)11-12-36-6)33-26-30-10-9-23(32-26)20-14-21(16-29)25-22(15-20)28(5,17-31-25)18-37-38(7,8)27(2,3)4/h9-10,13-15,31H,11-12,17-18H2,1-8H3,(H,30,32,33)/t28-/m0/s1. The molecule has 0 bridgehead atoms. The molecule has 3 aromatic rings. The van der Waals surface area contributed by atoms with Crippen LogP contribution in [0.3, 0.4) is 0 Å². The number of aryl methyl sites for hydroxylation is 1. The normalized spacial score (nSPS) is 17.1. The van der Waals surface area contributed by atoms with Crippen LogP contribution in [0.2, 0.25) is 18.1 Å². The lowest BCUT2D eigenvalue weighted by Crippen LogP contribution is -2.45. The van der Waals surface area contributed by atoms with Crippen molar-refractivity contribution in [2.24, 2.45) is 0 Å². The average Bonchev–Trinajstić information content (AvgIpc) is 3.39. The molecular weight excluding hydrogens is 494 g/mol. The molecule has 0 fully saturated rings. The van der Waals surface area contributed by atoms with Gasteiger partial charge < -0.3 is 19.8 Å². The highest BCUT2D eigenvalue weighted by atomic mass is 28.4. The van der Waals surface area contributed by atoms with Crippen LogP contribution < -0.4 is 10.6 Å². The molecule has 0 radical (unpaired) electrons. The number of anilines is 3. The van der Waals surface area contributed by atoms with E-state index in [-0.39, 0.29) is 10.5 Å². The number of methoxy groups -OCH3 is 1. The number of rotatable bonds is 9. The van der Waals surface area contributed by atoms with Crippen LogP contribution in [0.15, 0.2) is 30.5 Å². The highest BCUT2D eigenvalue weighted by Crippen LogP contribution is 2.44. The number of hydrogen-bond donors (Lipinski definition) is 2. The molecular formula is C28H39N7O2Si. The zero-order chi connectivity index (χ0) is 27.7. The van der Waals surface area contributed by atoms with Crippen LogP contribution in [-0.2, 0) is 21.1 Å². The Morgan fingerprint density at radius 3 is 2.71 bits per heavy atom. The lowest BCUT2D eigenvalue weighted by atomic mass is 9.83. The zero-order valence-corrected chi connectivity index (χ0v) is 24.8. The number of benzene rings is 1. The summed E-state index contributed by atoms with van der Waals surface area (Å²) in [6, 6.07) is 10.2. The van der Waals surface area contributed by atoms with Crippen molar-refractivity contribution in [1.82, 2.24) is 19.7 Å². The second kappa shape index (κ2) is 10.5. The van der Waals surface area contributed by atoms with Crippen molar-refractivity contribution < 1.29 is 9.16 Å². The monoisotopic (exact) mass is 533 g/mol.